The molecule has 1 saturated carbocycles. The van der Waals surface area contributed by atoms with E-state index in [1.165, 1.54) is 28.6 Å². The van der Waals surface area contributed by atoms with E-state index in [2.05, 4.69) is 23.7 Å². The van der Waals surface area contributed by atoms with Crippen LogP contribution in [0, 0.1) is 29.1 Å². The Morgan fingerprint density at radius 1 is 1.40 bits per heavy atom. The smallest absolute Gasteiger partial charge is 0.264 e. The van der Waals surface area contributed by atoms with Gasteiger partial charge in [-0.15, -0.1) is 11.3 Å². The maximum Gasteiger partial charge on any atom is 0.264 e. The van der Waals surface area contributed by atoms with Crippen molar-refractivity contribution in [2.24, 2.45) is 5.41 Å². The van der Waals surface area contributed by atoms with Crippen LogP contribution in [-0.4, -0.2) is 59.6 Å². The van der Waals surface area contributed by atoms with Crippen molar-refractivity contribution in [2.45, 2.75) is 37.5 Å². The van der Waals surface area contributed by atoms with Gasteiger partial charge in [-0.1, -0.05) is 5.92 Å². The lowest BCUT2D eigenvalue weighted by Gasteiger charge is -2.27. The number of aliphatic hydroxyl groups is 1. The van der Waals surface area contributed by atoms with Gasteiger partial charge in [0.2, 0.25) is 0 Å². The summed E-state index contributed by atoms with van der Waals surface area (Å²) in [4.78, 5) is 27.3. The van der Waals surface area contributed by atoms with Crippen molar-refractivity contribution in [3.63, 3.8) is 0 Å². The average Bonchev–Trinajstić information content (AvgIpc) is 3.28. The van der Waals surface area contributed by atoms with Crippen LogP contribution in [0.25, 0.3) is 0 Å². The number of nitrogens with zero attached hydrogens (tertiary/aromatic N) is 1. The summed E-state index contributed by atoms with van der Waals surface area (Å²) in [5.41, 5.74) is 1.91. The molecule has 0 radical (unpaired) electrons. The Hall–Kier alpha value is -2.37. The van der Waals surface area contributed by atoms with Gasteiger partial charge in [-0.25, -0.2) is 13.9 Å². The molecule has 1 aliphatic heterocycles. The standard InChI is InChI=1S/C20H22N2O6S2/c1-19(18(25)21-26,30(2,27)28)9-10-22-12-14-11-15(29-16(14)17(22)24)5-3-4-6-20(13-23)7-8-20/h11,23,26H,7-10,12-13H2,1-2H3,(H,21,25). The van der Waals surface area contributed by atoms with Crippen LogP contribution >= 0.6 is 11.3 Å². The highest BCUT2D eigenvalue weighted by molar-refractivity contribution is 7.92. The van der Waals surface area contributed by atoms with Gasteiger partial charge in [0.1, 0.15) is 0 Å². The normalized spacial score (nSPS) is 18.4. The number of carbonyl (C=O) groups is 2. The first-order valence-corrected chi connectivity index (χ1v) is 12.0. The maximum atomic E-state index is 12.7. The molecule has 8 nitrogen and oxygen atoms in total. The van der Waals surface area contributed by atoms with E-state index >= 15 is 0 Å². The molecule has 2 heterocycles. The lowest BCUT2D eigenvalue weighted by atomic mass is 10.1. The summed E-state index contributed by atoms with van der Waals surface area (Å²) in [6.07, 6.45) is 2.54. The Labute approximate surface area is 179 Å². The molecule has 0 spiro atoms. The number of carbonyl (C=O) groups excluding carboxylic acids is 2. The van der Waals surface area contributed by atoms with Gasteiger partial charge in [0, 0.05) is 19.3 Å². The Kier molecular flexibility index (Phi) is 5.99. The van der Waals surface area contributed by atoms with Gasteiger partial charge in [0.05, 0.1) is 21.8 Å². The monoisotopic (exact) mass is 450 g/mol. The average molecular weight is 451 g/mol. The number of nitrogens with one attached hydrogen (secondary N) is 1. The number of rotatable bonds is 6. The minimum absolute atomic E-state index is 0.0393. The summed E-state index contributed by atoms with van der Waals surface area (Å²) < 4.78 is 22.3. The van der Waals surface area contributed by atoms with Crippen molar-refractivity contribution < 1.29 is 28.3 Å². The van der Waals surface area contributed by atoms with Crippen molar-refractivity contribution in [2.75, 3.05) is 19.4 Å². The number of amides is 2. The largest absolute Gasteiger partial charge is 0.395 e. The summed E-state index contributed by atoms with van der Waals surface area (Å²) >= 11 is 1.24. The number of hydroxylamine groups is 1. The van der Waals surface area contributed by atoms with Gasteiger partial charge in [0.15, 0.2) is 14.6 Å². The fourth-order valence-electron chi connectivity index (χ4n) is 3.05. The number of aliphatic hydroxyl groups excluding tert-OH is 1. The van der Waals surface area contributed by atoms with Gasteiger partial charge in [0.25, 0.3) is 11.8 Å². The zero-order valence-electron chi connectivity index (χ0n) is 16.6. The number of hydrogen-bond donors (Lipinski definition) is 3. The molecule has 0 saturated heterocycles. The Balaban J connectivity index is 1.66. The molecule has 1 fully saturated rings. The molecule has 2 aliphatic rings. The molecule has 1 atom stereocenters. The van der Waals surface area contributed by atoms with Crippen LogP contribution in [0.4, 0.5) is 0 Å². The quantitative estimate of drug-likeness (QED) is 0.330. The second-order valence-electron chi connectivity index (χ2n) is 7.82. The van der Waals surface area contributed by atoms with Gasteiger partial charge < -0.3 is 10.0 Å². The van der Waals surface area contributed by atoms with Gasteiger partial charge in [-0.3, -0.25) is 14.8 Å². The summed E-state index contributed by atoms with van der Waals surface area (Å²) in [7, 11) is -3.82. The third-order valence-electron chi connectivity index (χ3n) is 5.64. The second kappa shape index (κ2) is 8.05. The van der Waals surface area contributed by atoms with Gasteiger partial charge in [-0.2, -0.15) is 0 Å². The first kappa shape index (κ1) is 22.3. The fraction of sp³-hybridized carbons (Fsp3) is 0.500. The molecule has 1 aromatic heterocycles. The van der Waals surface area contributed by atoms with Gasteiger partial charge >= 0.3 is 0 Å². The van der Waals surface area contributed by atoms with Crippen molar-refractivity contribution in [3.05, 3.63) is 21.4 Å². The first-order chi connectivity index (χ1) is 14.0. The zero-order valence-corrected chi connectivity index (χ0v) is 18.2. The molecule has 0 bridgehead atoms. The summed E-state index contributed by atoms with van der Waals surface area (Å²) in [5, 5.41) is 18.1. The first-order valence-electron chi connectivity index (χ1n) is 9.25. The number of sulfone groups is 1. The van der Waals surface area contributed by atoms with Crippen molar-refractivity contribution in [3.8, 4) is 23.7 Å². The van der Waals surface area contributed by atoms with E-state index in [1.54, 1.807) is 0 Å². The summed E-state index contributed by atoms with van der Waals surface area (Å²) in [6.45, 7) is 1.61. The van der Waals surface area contributed by atoms with E-state index in [9.17, 15) is 23.1 Å². The highest BCUT2D eigenvalue weighted by atomic mass is 32.2. The highest BCUT2D eigenvalue weighted by Crippen LogP contribution is 2.44. The molecule has 1 aromatic rings. The molecule has 160 valence electrons. The van der Waals surface area contributed by atoms with Crippen LogP contribution in [0.3, 0.4) is 0 Å². The molecular formula is C20H22N2O6S2. The molecule has 3 rings (SSSR count). The molecule has 3 N–H and O–H groups in total. The van der Waals surface area contributed by atoms with Crippen LogP contribution in [0.5, 0.6) is 0 Å². The van der Waals surface area contributed by atoms with Crippen molar-refractivity contribution >= 4 is 33.0 Å². The highest BCUT2D eigenvalue weighted by Gasteiger charge is 2.44. The lowest BCUT2D eigenvalue weighted by molar-refractivity contribution is -0.131. The fourth-order valence-corrected chi connectivity index (χ4v) is 4.89. The second-order valence-corrected chi connectivity index (χ2v) is 11.3. The molecule has 2 amide bonds. The molecule has 10 heteroatoms. The van der Waals surface area contributed by atoms with E-state index in [4.69, 9.17) is 5.21 Å². The van der Waals surface area contributed by atoms with E-state index in [0.717, 1.165) is 24.7 Å². The van der Waals surface area contributed by atoms with Crippen LogP contribution in [0.2, 0.25) is 0 Å². The van der Waals surface area contributed by atoms with Crippen molar-refractivity contribution in [1.82, 2.24) is 10.4 Å². The molecule has 1 aliphatic carbocycles. The molecular weight excluding hydrogens is 428 g/mol. The van der Waals surface area contributed by atoms with Crippen LogP contribution in [0.15, 0.2) is 6.07 Å². The van der Waals surface area contributed by atoms with Crippen LogP contribution < -0.4 is 5.48 Å². The minimum atomic E-state index is -3.82. The van der Waals surface area contributed by atoms with Crippen LogP contribution in [0.1, 0.15) is 46.3 Å². The number of hydrogen-bond acceptors (Lipinski definition) is 7. The molecule has 30 heavy (non-hydrogen) atoms. The SMILES string of the molecule is CC(CCN1Cc2cc(C#CC#CC3(CO)CC3)sc2C1=O)(C(=O)NO)S(C)(=O)=O. The minimum Gasteiger partial charge on any atom is -0.395 e. The van der Waals surface area contributed by atoms with E-state index in [1.807, 2.05) is 6.07 Å². The van der Waals surface area contributed by atoms with E-state index in [0.29, 0.717) is 16.3 Å². The van der Waals surface area contributed by atoms with Gasteiger partial charge in [-0.05, 0) is 55.6 Å². The lowest BCUT2D eigenvalue weighted by Crippen LogP contribution is -2.50. The number of fused-ring (bicyclic) bond motifs is 1. The Morgan fingerprint density at radius 3 is 2.63 bits per heavy atom. The number of thiophene rings is 1. The Bertz CT molecular complexity index is 1110. The molecule has 0 aromatic carbocycles. The predicted octanol–water partition coefficient (Wildman–Crippen LogP) is 0.530. The zero-order chi connectivity index (χ0) is 22.2. The third kappa shape index (κ3) is 4.23. The summed E-state index contributed by atoms with van der Waals surface area (Å²) in [6, 6.07) is 1.81. The topological polar surface area (TPSA) is 124 Å². The third-order valence-corrected chi connectivity index (χ3v) is 8.75. The predicted molar refractivity (Wildman–Crippen MR) is 110 cm³/mol. The van der Waals surface area contributed by atoms with E-state index < -0.39 is 20.5 Å². The van der Waals surface area contributed by atoms with Crippen LogP contribution in [-0.2, 0) is 21.2 Å². The maximum absolute atomic E-state index is 12.7. The Morgan fingerprint density at radius 2 is 2.10 bits per heavy atom. The molecule has 1 unspecified atom stereocenters. The van der Waals surface area contributed by atoms with E-state index in [-0.39, 0.29) is 30.9 Å². The van der Waals surface area contributed by atoms with Crippen molar-refractivity contribution in [1.29, 1.82) is 0 Å². The summed E-state index contributed by atoms with van der Waals surface area (Å²) in [5.74, 6) is 10.1.